The highest BCUT2D eigenvalue weighted by atomic mass is 35.5. The monoisotopic (exact) mass is 273 g/mol. The molecule has 2 nitrogen and oxygen atoms in total. The van der Waals surface area contributed by atoms with Crippen LogP contribution in [0.25, 0.3) is 0 Å². The third kappa shape index (κ3) is 3.59. The highest BCUT2D eigenvalue weighted by Gasteiger charge is 2.26. The SMILES string of the molecule is CC1(Cc2ccc(Cl)c(Cl)c2)CNCCOC1. The average molecular weight is 274 g/mol. The molecule has 0 saturated carbocycles. The molecule has 1 fully saturated rings. The Morgan fingerprint density at radius 2 is 2.18 bits per heavy atom. The molecule has 0 aromatic heterocycles. The molecule has 94 valence electrons. The van der Waals surface area contributed by atoms with Gasteiger partial charge < -0.3 is 10.1 Å². The van der Waals surface area contributed by atoms with Crippen LogP contribution in [-0.2, 0) is 11.2 Å². The van der Waals surface area contributed by atoms with Crippen molar-refractivity contribution >= 4 is 23.2 Å². The second kappa shape index (κ2) is 5.57. The maximum Gasteiger partial charge on any atom is 0.0595 e. The smallest absolute Gasteiger partial charge is 0.0595 e. The van der Waals surface area contributed by atoms with Gasteiger partial charge in [0.2, 0.25) is 0 Å². The number of rotatable bonds is 2. The number of benzene rings is 1. The lowest BCUT2D eigenvalue weighted by Gasteiger charge is -2.27. The zero-order chi connectivity index (χ0) is 12.3. The van der Waals surface area contributed by atoms with E-state index in [2.05, 4.69) is 12.2 Å². The van der Waals surface area contributed by atoms with E-state index in [4.69, 9.17) is 27.9 Å². The van der Waals surface area contributed by atoms with Crippen molar-refractivity contribution in [3.63, 3.8) is 0 Å². The first kappa shape index (κ1) is 13.2. The van der Waals surface area contributed by atoms with Crippen LogP contribution in [0.1, 0.15) is 12.5 Å². The molecule has 1 unspecified atom stereocenters. The third-order valence-corrected chi connectivity index (χ3v) is 3.78. The number of ether oxygens (including phenoxy) is 1. The predicted octanol–water partition coefficient (Wildman–Crippen LogP) is 3.16. The molecule has 1 heterocycles. The molecule has 0 aliphatic carbocycles. The van der Waals surface area contributed by atoms with Gasteiger partial charge >= 0.3 is 0 Å². The molecule has 1 aliphatic heterocycles. The van der Waals surface area contributed by atoms with E-state index in [1.807, 2.05) is 18.2 Å². The van der Waals surface area contributed by atoms with E-state index < -0.39 is 0 Å². The van der Waals surface area contributed by atoms with Crippen LogP contribution >= 0.6 is 23.2 Å². The Morgan fingerprint density at radius 1 is 1.35 bits per heavy atom. The summed E-state index contributed by atoms with van der Waals surface area (Å²) in [6.45, 7) is 5.69. The van der Waals surface area contributed by atoms with Crippen LogP contribution in [0.2, 0.25) is 10.0 Å². The Morgan fingerprint density at radius 3 is 2.94 bits per heavy atom. The van der Waals surface area contributed by atoms with Gasteiger partial charge in [0, 0.05) is 18.5 Å². The van der Waals surface area contributed by atoms with Gasteiger partial charge in [0.15, 0.2) is 0 Å². The van der Waals surface area contributed by atoms with Crippen molar-refractivity contribution < 1.29 is 4.74 Å². The first-order valence-electron chi connectivity index (χ1n) is 5.81. The van der Waals surface area contributed by atoms with Crippen molar-refractivity contribution in [2.75, 3.05) is 26.3 Å². The summed E-state index contributed by atoms with van der Waals surface area (Å²) in [6.07, 6.45) is 0.941. The zero-order valence-electron chi connectivity index (χ0n) is 9.93. The summed E-state index contributed by atoms with van der Waals surface area (Å²) in [6, 6.07) is 5.83. The summed E-state index contributed by atoms with van der Waals surface area (Å²) in [7, 11) is 0. The largest absolute Gasteiger partial charge is 0.380 e. The number of nitrogens with one attached hydrogen (secondary N) is 1. The second-order valence-electron chi connectivity index (χ2n) is 4.97. The summed E-state index contributed by atoms with van der Waals surface area (Å²) in [5.41, 5.74) is 1.32. The summed E-state index contributed by atoms with van der Waals surface area (Å²) in [4.78, 5) is 0. The summed E-state index contributed by atoms with van der Waals surface area (Å²) < 4.78 is 5.61. The summed E-state index contributed by atoms with van der Waals surface area (Å²) >= 11 is 11.9. The van der Waals surface area contributed by atoms with Crippen molar-refractivity contribution in [1.82, 2.24) is 5.32 Å². The molecule has 0 bridgehead atoms. The fourth-order valence-electron chi connectivity index (χ4n) is 2.16. The van der Waals surface area contributed by atoms with E-state index >= 15 is 0 Å². The van der Waals surface area contributed by atoms with Crippen LogP contribution in [0.5, 0.6) is 0 Å². The highest BCUT2D eigenvalue weighted by molar-refractivity contribution is 6.42. The van der Waals surface area contributed by atoms with Crippen molar-refractivity contribution in [3.05, 3.63) is 33.8 Å². The van der Waals surface area contributed by atoms with Gasteiger partial charge in [0.05, 0.1) is 23.3 Å². The molecule has 4 heteroatoms. The van der Waals surface area contributed by atoms with Crippen LogP contribution < -0.4 is 5.32 Å². The first-order chi connectivity index (χ1) is 8.09. The molecule has 1 aromatic rings. The standard InChI is InChI=1S/C13H17Cl2NO/c1-13(8-16-4-5-17-9-13)7-10-2-3-11(14)12(15)6-10/h2-3,6,16H,4-5,7-9H2,1H3. The topological polar surface area (TPSA) is 21.3 Å². The van der Waals surface area contributed by atoms with Gasteiger partial charge in [0.1, 0.15) is 0 Å². The summed E-state index contributed by atoms with van der Waals surface area (Å²) in [5.74, 6) is 0. The molecule has 1 N–H and O–H groups in total. The van der Waals surface area contributed by atoms with E-state index in [0.717, 1.165) is 32.7 Å². The van der Waals surface area contributed by atoms with Crippen LogP contribution in [0.3, 0.4) is 0 Å². The van der Waals surface area contributed by atoms with Crippen LogP contribution in [0.15, 0.2) is 18.2 Å². The lowest BCUT2D eigenvalue weighted by molar-refractivity contribution is 0.0796. The molecule has 1 aromatic carbocycles. The Labute approximate surface area is 112 Å². The van der Waals surface area contributed by atoms with Gasteiger partial charge in [-0.2, -0.15) is 0 Å². The van der Waals surface area contributed by atoms with E-state index in [1.165, 1.54) is 5.56 Å². The minimum atomic E-state index is 0.119. The van der Waals surface area contributed by atoms with Crippen LogP contribution in [0.4, 0.5) is 0 Å². The molecule has 2 rings (SSSR count). The lowest BCUT2D eigenvalue weighted by atomic mass is 9.84. The predicted molar refractivity (Wildman–Crippen MR) is 72.0 cm³/mol. The molecular weight excluding hydrogens is 257 g/mol. The van der Waals surface area contributed by atoms with Crippen molar-refractivity contribution in [2.24, 2.45) is 5.41 Å². The minimum absolute atomic E-state index is 0.119. The van der Waals surface area contributed by atoms with Crippen molar-refractivity contribution in [3.8, 4) is 0 Å². The molecule has 0 spiro atoms. The van der Waals surface area contributed by atoms with E-state index in [0.29, 0.717) is 10.0 Å². The number of halogens is 2. The highest BCUT2D eigenvalue weighted by Crippen LogP contribution is 2.28. The van der Waals surface area contributed by atoms with Gasteiger partial charge in [-0.3, -0.25) is 0 Å². The molecular formula is C13H17Cl2NO. The van der Waals surface area contributed by atoms with Gasteiger partial charge in [-0.25, -0.2) is 0 Å². The Balaban J connectivity index is 2.10. The fraction of sp³-hybridized carbons (Fsp3) is 0.538. The Hall–Kier alpha value is -0.280. The van der Waals surface area contributed by atoms with Crippen LogP contribution in [0, 0.1) is 5.41 Å². The quantitative estimate of drug-likeness (QED) is 0.894. The van der Waals surface area contributed by atoms with Crippen molar-refractivity contribution in [1.29, 1.82) is 0 Å². The van der Waals surface area contributed by atoms with Gasteiger partial charge in [0.25, 0.3) is 0 Å². The van der Waals surface area contributed by atoms with Gasteiger partial charge in [-0.15, -0.1) is 0 Å². The van der Waals surface area contributed by atoms with Crippen LogP contribution in [-0.4, -0.2) is 26.3 Å². The summed E-state index contributed by atoms with van der Waals surface area (Å²) in [5, 5.41) is 4.63. The number of hydrogen-bond donors (Lipinski definition) is 1. The molecule has 1 saturated heterocycles. The average Bonchev–Trinajstić information content (AvgIpc) is 2.49. The third-order valence-electron chi connectivity index (χ3n) is 3.04. The fourth-order valence-corrected chi connectivity index (χ4v) is 2.48. The molecule has 1 aliphatic rings. The molecule has 0 amide bonds. The van der Waals surface area contributed by atoms with Gasteiger partial charge in [-0.05, 0) is 24.1 Å². The van der Waals surface area contributed by atoms with Gasteiger partial charge in [-0.1, -0.05) is 36.2 Å². The minimum Gasteiger partial charge on any atom is -0.380 e. The number of hydrogen-bond acceptors (Lipinski definition) is 2. The van der Waals surface area contributed by atoms with E-state index in [9.17, 15) is 0 Å². The zero-order valence-corrected chi connectivity index (χ0v) is 11.4. The maximum absolute atomic E-state index is 6.03. The molecule has 17 heavy (non-hydrogen) atoms. The Kier molecular flexibility index (Phi) is 4.31. The maximum atomic E-state index is 6.03. The molecule has 1 atom stereocenters. The Bertz CT molecular complexity index is 387. The lowest BCUT2D eigenvalue weighted by Crippen LogP contribution is -2.34. The normalized spacial score (nSPS) is 25.6. The molecule has 0 radical (unpaired) electrons. The van der Waals surface area contributed by atoms with E-state index in [-0.39, 0.29) is 5.41 Å². The first-order valence-corrected chi connectivity index (χ1v) is 6.57. The second-order valence-corrected chi connectivity index (χ2v) is 5.78. The van der Waals surface area contributed by atoms with Crippen molar-refractivity contribution in [2.45, 2.75) is 13.3 Å². The van der Waals surface area contributed by atoms with E-state index in [1.54, 1.807) is 0 Å².